The highest BCUT2D eigenvalue weighted by Crippen LogP contribution is 2.23. The molecular weight excluding hydrogens is 312 g/mol. The smallest absolute Gasteiger partial charge is 0.253 e. The van der Waals surface area contributed by atoms with Gasteiger partial charge in [-0.3, -0.25) is 9.59 Å². The summed E-state index contributed by atoms with van der Waals surface area (Å²) in [6.07, 6.45) is 0.642. The Morgan fingerprint density at radius 3 is 2.84 bits per heavy atom. The molecule has 0 spiro atoms. The maximum Gasteiger partial charge on any atom is 0.253 e. The zero-order valence-electron chi connectivity index (χ0n) is 10.8. The Morgan fingerprint density at radius 2 is 2.26 bits per heavy atom. The lowest BCUT2D eigenvalue weighted by Crippen LogP contribution is -2.40. The molecule has 1 atom stereocenters. The average Bonchev–Trinajstić information content (AvgIpc) is 2.71. The summed E-state index contributed by atoms with van der Waals surface area (Å²) in [6, 6.07) is 4.71. The number of nitrogens with one attached hydrogen (secondary N) is 1. The Bertz CT molecular complexity index is 519. The van der Waals surface area contributed by atoms with Crippen LogP contribution in [-0.4, -0.2) is 43.5 Å². The van der Waals surface area contributed by atoms with Gasteiger partial charge in [0.2, 0.25) is 5.91 Å². The zero-order valence-corrected chi connectivity index (χ0v) is 12.4. The third-order valence-electron chi connectivity index (χ3n) is 3.15. The van der Waals surface area contributed by atoms with E-state index in [1.165, 1.54) is 0 Å². The molecule has 1 saturated heterocycles. The first-order valence-corrected chi connectivity index (χ1v) is 6.71. The summed E-state index contributed by atoms with van der Waals surface area (Å²) >= 11 is 3.32. The van der Waals surface area contributed by atoms with Crippen molar-refractivity contribution in [3.63, 3.8) is 0 Å². The van der Waals surface area contributed by atoms with Crippen LogP contribution in [0.2, 0.25) is 0 Å². The number of carbonyl (C=O) groups is 2. The molecule has 1 unspecified atom stereocenters. The van der Waals surface area contributed by atoms with Gasteiger partial charge in [-0.05, 0) is 40.5 Å². The zero-order chi connectivity index (χ0) is 14.0. The van der Waals surface area contributed by atoms with Crippen molar-refractivity contribution in [1.82, 2.24) is 10.2 Å². The fourth-order valence-electron chi connectivity index (χ4n) is 2.00. The van der Waals surface area contributed by atoms with Crippen LogP contribution in [0, 0.1) is 0 Å². The lowest BCUT2D eigenvalue weighted by atomic mass is 10.1. The minimum Gasteiger partial charge on any atom is -0.497 e. The molecule has 2 rings (SSSR count). The van der Waals surface area contributed by atoms with E-state index in [0.29, 0.717) is 28.8 Å². The van der Waals surface area contributed by atoms with Gasteiger partial charge in [-0.15, -0.1) is 0 Å². The summed E-state index contributed by atoms with van der Waals surface area (Å²) in [5.41, 5.74) is 0.460. The van der Waals surface area contributed by atoms with Crippen molar-refractivity contribution in [1.29, 1.82) is 0 Å². The Kier molecular flexibility index (Phi) is 4.09. The van der Waals surface area contributed by atoms with Crippen LogP contribution in [0.15, 0.2) is 22.7 Å². The standard InChI is InChI=1S/C13H15BrN2O3/c1-16-6-5-11(13(16)18)15-12(17)9-7-8(19-2)3-4-10(9)14/h3-4,7,11H,5-6H2,1-2H3,(H,15,17). The SMILES string of the molecule is COc1ccc(Br)c(C(=O)NC2CCN(C)C2=O)c1. The van der Waals surface area contributed by atoms with Gasteiger partial charge in [-0.1, -0.05) is 0 Å². The molecule has 0 saturated carbocycles. The van der Waals surface area contributed by atoms with Gasteiger partial charge >= 0.3 is 0 Å². The largest absolute Gasteiger partial charge is 0.497 e. The van der Waals surface area contributed by atoms with E-state index < -0.39 is 6.04 Å². The molecule has 102 valence electrons. The second-order valence-electron chi connectivity index (χ2n) is 4.42. The highest BCUT2D eigenvalue weighted by atomic mass is 79.9. The summed E-state index contributed by atoms with van der Waals surface area (Å²) in [5.74, 6) is 0.273. The van der Waals surface area contributed by atoms with Crippen LogP contribution in [0.1, 0.15) is 16.8 Å². The Labute approximate surface area is 120 Å². The predicted octanol–water partition coefficient (Wildman–Crippen LogP) is 1.42. The molecule has 1 aromatic rings. The van der Waals surface area contributed by atoms with Gasteiger partial charge in [0.25, 0.3) is 5.91 Å². The van der Waals surface area contributed by atoms with E-state index in [4.69, 9.17) is 4.74 Å². The molecule has 1 aliphatic heterocycles. The monoisotopic (exact) mass is 326 g/mol. The number of nitrogens with zero attached hydrogens (tertiary/aromatic N) is 1. The molecule has 0 aliphatic carbocycles. The Morgan fingerprint density at radius 1 is 1.53 bits per heavy atom. The van der Waals surface area contributed by atoms with Crippen LogP contribution in [0.4, 0.5) is 0 Å². The molecule has 1 fully saturated rings. The van der Waals surface area contributed by atoms with Crippen molar-refractivity contribution in [3.05, 3.63) is 28.2 Å². The van der Waals surface area contributed by atoms with Crippen LogP contribution >= 0.6 is 15.9 Å². The van der Waals surface area contributed by atoms with Gasteiger partial charge in [0, 0.05) is 18.1 Å². The van der Waals surface area contributed by atoms with E-state index in [0.717, 1.165) is 0 Å². The van der Waals surface area contributed by atoms with E-state index in [1.807, 2.05) is 0 Å². The minimum absolute atomic E-state index is 0.0487. The second kappa shape index (κ2) is 5.61. The Hall–Kier alpha value is -1.56. The quantitative estimate of drug-likeness (QED) is 0.913. The summed E-state index contributed by atoms with van der Waals surface area (Å²) in [4.78, 5) is 25.5. The van der Waals surface area contributed by atoms with E-state index in [9.17, 15) is 9.59 Å². The number of rotatable bonds is 3. The number of likely N-dealkylation sites (tertiary alicyclic amines) is 1. The molecule has 1 aromatic carbocycles. The van der Waals surface area contributed by atoms with E-state index in [-0.39, 0.29) is 11.8 Å². The molecule has 6 heteroatoms. The van der Waals surface area contributed by atoms with E-state index >= 15 is 0 Å². The summed E-state index contributed by atoms with van der Waals surface area (Å²) in [7, 11) is 3.27. The Balaban J connectivity index is 2.14. The molecule has 0 bridgehead atoms. The summed E-state index contributed by atoms with van der Waals surface area (Å²) in [5, 5.41) is 2.75. The number of halogens is 1. The van der Waals surface area contributed by atoms with Crippen LogP contribution in [-0.2, 0) is 4.79 Å². The third kappa shape index (κ3) is 2.89. The van der Waals surface area contributed by atoms with Crippen LogP contribution in [0.3, 0.4) is 0 Å². The maximum absolute atomic E-state index is 12.2. The summed E-state index contributed by atoms with van der Waals surface area (Å²) in [6.45, 7) is 0.670. The fourth-order valence-corrected chi connectivity index (χ4v) is 2.42. The van der Waals surface area contributed by atoms with Gasteiger partial charge in [0.05, 0.1) is 12.7 Å². The molecular formula is C13H15BrN2O3. The molecule has 1 N–H and O–H groups in total. The van der Waals surface area contributed by atoms with Crippen molar-refractivity contribution < 1.29 is 14.3 Å². The average molecular weight is 327 g/mol. The van der Waals surface area contributed by atoms with Gasteiger partial charge in [-0.2, -0.15) is 0 Å². The van der Waals surface area contributed by atoms with Gasteiger partial charge in [0.15, 0.2) is 0 Å². The van der Waals surface area contributed by atoms with Crippen LogP contribution in [0.25, 0.3) is 0 Å². The first-order chi connectivity index (χ1) is 9.02. The van der Waals surface area contributed by atoms with Gasteiger partial charge in [0.1, 0.15) is 11.8 Å². The molecule has 1 heterocycles. The van der Waals surface area contributed by atoms with Crippen molar-refractivity contribution in [2.75, 3.05) is 20.7 Å². The molecule has 2 amide bonds. The molecule has 1 aliphatic rings. The predicted molar refractivity (Wildman–Crippen MR) is 74.2 cm³/mol. The van der Waals surface area contributed by atoms with Crippen molar-refractivity contribution >= 4 is 27.7 Å². The van der Waals surface area contributed by atoms with E-state index in [1.54, 1.807) is 37.3 Å². The number of ether oxygens (including phenoxy) is 1. The van der Waals surface area contributed by atoms with Crippen molar-refractivity contribution in [3.8, 4) is 5.75 Å². The van der Waals surface area contributed by atoms with Crippen LogP contribution < -0.4 is 10.1 Å². The number of hydrogen-bond acceptors (Lipinski definition) is 3. The van der Waals surface area contributed by atoms with Gasteiger partial charge < -0.3 is 15.0 Å². The van der Waals surface area contributed by atoms with Crippen LogP contribution in [0.5, 0.6) is 5.75 Å². The summed E-state index contributed by atoms with van der Waals surface area (Å²) < 4.78 is 5.76. The van der Waals surface area contributed by atoms with Crippen molar-refractivity contribution in [2.45, 2.75) is 12.5 Å². The highest BCUT2D eigenvalue weighted by molar-refractivity contribution is 9.10. The number of benzene rings is 1. The minimum atomic E-state index is -0.435. The van der Waals surface area contributed by atoms with Gasteiger partial charge in [-0.25, -0.2) is 0 Å². The highest BCUT2D eigenvalue weighted by Gasteiger charge is 2.30. The molecule has 19 heavy (non-hydrogen) atoms. The molecule has 0 radical (unpaired) electrons. The fraction of sp³-hybridized carbons (Fsp3) is 0.385. The third-order valence-corrected chi connectivity index (χ3v) is 3.84. The van der Waals surface area contributed by atoms with E-state index in [2.05, 4.69) is 21.2 Å². The second-order valence-corrected chi connectivity index (χ2v) is 5.27. The molecule has 0 aromatic heterocycles. The maximum atomic E-state index is 12.2. The molecule has 5 nitrogen and oxygen atoms in total. The number of hydrogen-bond donors (Lipinski definition) is 1. The topological polar surface area (TPSA) is 58.6 Å². The van der Waals surface area contributed by atoms with Crippen molar-refractivity contribution in [2.24, 2.45) is 0 Å². The number of carbonyl (C=O) groups excluding carboxylic acids is 2. The first-order valence-electron chi connectivity index (χ1n) is 5.92. The number of methoxy groups -OCH3 is 1. The lowest BCUT2D eigenvalue weighted by Gasteiger charge is -2.13. The lowest BCUT2D eigenvalue weighted by molar-refractivity contribution is -0.128. The number of likely N-dealkylation sites (N-methyl/N-ethyl adjacent to an activating group) is 1. The first kappa shape index (κ1) is 13.9. The number of amides is 2. The normalized spacial score (nSPS) is 18.6.